The van der Waals surface area contributed by atoms with Gasteiger partial charge in [0.15, 0.2) is 0 Å². The summed E-state index contributed by atoms with van der Waals surface area (Å²) in [6, 6.07) is 12.5. The van der Waals surface area contributed by atoms with Crippen molar-refractivity contribution >= 4 is 11.6 Å². The molecule has 0 aliphatic carbocycles. The van der Waals surface area contributed by atoms with Gasteiger partial charge in [-0.2, -0.15) is 8.78 Å². The van der Waals surface area contributed by atoms with Crippen LogP contribution in [0.5, 0.6) is 11.5 Å². The quantitative estimate of drug-likeness (QED) is 0.805. The van der Waals surface area contributed by atoms with Crippen LogP contribution in [0, 0.1) is 0 Å². The first-order valence-electron chi connectivity index (χ1n) is 8.31. The summed E-state index contributed by atoms with van der Waals surface area (Å²) in [7, 11) is 0. The number of amides is 1. The lowest BCUT2D eigenvalue weighted by atomic mass is 10.2. The SMILES string of the molecule is O=C(Nc1cccc(OCC2CCCO2)c1)c1ccc(OC(F)F)cc1. The van der Waals surface area contributed by atoms with Crippen molar-refractivity contribution in [3.05, 3.63) is 54.1 Å². The number of hydrogen-bond donors (Lipinski definition) is 1. The number of ether oxygens (including phenoxy) is 3. The van der Waals surface area contributed by atoms with Gasteiger partial charge < -0.3 is 19.5 Å². The summed E-state index contributed by atoms with van der Waals surface area (Å²) in [5.74, 6) is 0.282. The molecule has 7 heteroatoms. The highest BCUT2D eigenvalue weighted by Crippen LogP contribution is 2.21. The Balaban J connectivity index is 1.57. The van der Waals surface area contributed by atoms with E-state index >= 15 is 0 Å². The van der Waals surface area contributed by atoms with Crippen molar-refractivity contribution in [2.75, 3.05) is 18.5 Å². The molecule has 2 aromatic rings. The predicted molar refractivity (Wildman–Crippen MR) is 91.9 cm³/mol. The van der Waals surface area contributed by atoms with E-state index in [9.17, 15) is 13.6 Å². The van der Waals surface area contributed by atoms with E-state index in [0.29, 0.717) is 23.6 Å². The van der Waals surface area contributed by atoms with Crippen molar-refractivity contribution in [1.82, 2.24) is 0 Å². The first-order chi connectivity index (χ1) is 12.6. The van der Waals surface area contributed by atoms with Crippen LogP contribution in [-0.4, -0.2) is 31.8 Å². The Kier molecular flexibility index (Phi) is 6.01. The Morgan fingerprint density at radius 3 is 2.69 bits per heavy atom. The molecule has 0 aromatic heterocycles. The van der Waals surface area contributed by atoms with Crippen molar-refractivity contribution in [3.63, 3.8) is 0 Å². The van der Waals surface area contributed by atoms with Gasteiger partial charge in [-0.3, -0.25) is 4.79 Å². The molecule has 1 atom stereocenters. The summed E-state index contributed by atoms with van der Waals surface area (Å²) in [6.45, 7) is -1.65. The lowest BCUT2D eigenvalue weighted by Gasteiger charge is -2.12. The minimum absolute atomic E-state index is 0.000999. The second-order valence-electron chi connectivity index (χ2n) is 5.83. The number of nitrogens with one attached hydrogen (secondary N) is 1. The van der Waals surface area contributed by atoms with Gasteiger partial charge in [-0.05, 0) is 49.2 Å². The number of alkyl halides is 2. The molecular formula is C19H19F2NO4. The Labute approximate surface area is 149 Å². The highest BCUT2D eigenvalue weighted by atomic mass is 19.3. The van der Waals surface area contributed by atoms with E-state index in [4.69, 9.17) is 9.47 Å². The summed E-state index contributed by atoms with van der Waals surface area (Å²) < 4.78 is 39.8. The van der Waals surface area contributed by atoms with Crippen LogP contribution in [0.4, 0.5) is 14.5 Å². The van der Waals surface area contributed by atoms with Gasteiger partial charge in [-0.15, -0.1) is 0 Å². The summed E-state index contributed by atoms with van der Waals surface area (Å²) in [5, 5.41) is 2.75. The van der Waals surface area contributed by atoms with Crippen molar-refractivity contribution in [1.29, 1.82) is 0 Å². The van der Waals surface area contributed by atoms with Crippen molar-refractivity contribution in [2.24, 2.45) is 0 Å². The standard InChI is InChI=1S/C19H19F2NO4/c20-19(21)26-15-8-6-13(7-9-15)18(23)22-14-3-1-4-16(11-14)25-12-17-5-2-10-24-17/h1,3-4,6-9,11,17,19H,2,5,10,12H2,(H,22,23). The molecule has 138 valence electrons. The molecule has 1 saturated heterocycles. The summed E-state index contributed by atoms with van der Waals surface area (Å²) in [6.07, 6.45) is 2.15. The minimum Gasteiger partial charge on any atom is -0.491 e. The zero-order valence-electron chi connectivity index (χ0n) is 14.0. The number of hydrogen-bond acceptors (Lipinski definition) is 4. The molecule has 1 unspecified atom stereocenters. The number of halogens is 2. The topological polar surface area (TPSA) is 56.8 Å². The fourth-order valence-corrected chi connectivity index (χ4v) is 2.62. The van der Waals surface area contributed by atoms with Crippen molar-refractivity contribution in [2.45, 2.75) is 25.6 Å². The molecule has 5 nitrogen and oxygen atoms in total. The van der Waals surface area contributed by atoms with Crippen LogP contribution in [-0.2, 0) is 4.74 Å². The maximum atomic E-state index is 12.3. The molecule has 1 fully saturated rings. The van der Waals surface area contributed by atoms with E-state index < -0.39 is 6.61 Å². The van der Waals surface area contributed by atoms with Gasteiger partial charge in [-0.25, -0.2) is 0 Å². The highest BCUT2D eigenvalue weighted by Gasteiger charge is 2.16. The maximum absolute atomic E-state index is 12.3. The van der Waals surface area contributed by atoms with E-state index in [1.54, 1.807) is 24.3 Å². The smallest absolute Gasteiger partial charge is 0.387 e. The predicted octanol–water partition coefficient (Wildman–Crippen LogP) is 4.10. The number of carbonyl (C=O) groups is 1. The van der Waals surface area contributed by atoms with Crippen LogP contribution >= 0.6 is 0 Å². The van der Waals surface area contributed by atoms with E-state index in [1.165, 1.54) is 24.3 Å². The Bertz CT molecular complexity index is 731. The van der Waals surface area contributed by atoms with E-state index in [-0.39, 0.29) is 17.8 Å². The number of anilines is 1. The molecule has 0 bridgehead atoms. The normalized spacial score (nSPS) is 16.5. The molecule has 1 aliphatic heterocycles. The van der Waals surface area contributed by atoms with Crippen LogP contribution in [0.3, 0.4) is 0 Å². The second kappa shape index (κ2) is 8.62. The fourth-order valence-electron chi connectivity index (χ4n) is 2.62. The number of rotatable bonds is 7. The van der Waals surface area contributed by atoms with Gasteiger partial charge in [0, 0.05) is 23.9 Å². The molecule has 2 aromatic carbocycles. The summed E-state index contributed by atoms with van der Waals surface area (Å²) in [5.41, 5.74) is 0.907. The molecule has 0 spiro atoms. The van der Waals surface area contributed by atoms with Gasteiger partial charge in [-0.1, -0.05) is 6.07 Å². The van der Waals surface area contributed by atoms with E-state index in [0.717, 1.165) is 19.4 Å². The third-order valence-corrected chi connectivity index (χ3v) is 3.89. The largest absolute Gasteiger partial charge is 0.491 e. The maximum Gasteiger partial charge on any atom is 0.387 e. The molecule has 1 heterocycles. The van der Waals surface area contributed by atoms with Crippen molar-refractivity contribution < 1.29 is 27.8 Å². The average molecular weight is 363 g/mol. The van der Waals surface area contributed by atoms with Crippen molar-refractivity contribution in [3.8, 4) is 11.5 Å². The first kappa shape index (κ1) is 18.1. The van der Waals surface area contributed by atoms with Gasteiger partial charge in [0.25, 0.3) is 5.91 Å². The molecule has 0 radical (unpaired) electrons. The summed E-state index contributed by atoms with van der Waals surface area (Å²) >= 11 is 0. The molecule has 0 saturated carbocycles. The third kappa shape index (κ3) is 5.16. The lowest BCUT2D eigenvalue weighted by Crippen LogP contribution is -2.16. The lowest BCUT2D eigenvalue weighted by molar-refractivity contribution is -0.0498. The highest BCUT2D eigenvalue weighted by molar-refractivity contribution is 6.04. The van der Waals surface area contributed by atoms with Crippen LogP contribution in [0.25, 0.3) is 0 Å². The molecular weight excluding hydrogens is 344 g/mol. The van der Waals surface area contributed by atoms with Gasteiger partial charge >= 0.3 is 6.61 Å². The van der Waals surface area contributed by atoms with E-state index in [2.05, 4.69) is 10.1 Å². The Hall–Kier alpha value is -2.67. The van der Waals surface area contributed by atoms with Crippen LogP contribution in [0.1, 0.15) is 23.2 Å². The van der Waals surface area contributed by atoms with Crippen LogP contribution in [0.2, 0.25) is 0 Å². The zero-order chi connectivity index (χ0) is 18.4. The molecule has 26 heavy (non-hydrogen) atoms. The van der Waals surface area contributed by atoms with Gasteiger partial charge in [0.2, 0.25) is 0 Å². The molecule has 1 amide bonds. The molecule has 1 N–H and O–H groups in total. The number of benzene rings is 2. The Morgan fingerprint density at radius 2 is 2.00 bits per heavy atom. The molecule has 1 aliphatic rings. The van der Waals surface area contributed by atoms with Gasteiger partial charge in [0.1, 0.15) is 18.1 Å². The number of carbonyl (C=O) groups excluding carboxylic acids is 1. The van der Waals surface area contributed by atoms with Gasteiger partial charge in [0.05, 0.1) is 6.10 Å². The monoisotopic (exact) mass is 363 g/mol. The third-order valence-electron chi connectivity index (χ3n) is 3.89. The average Bonchev–Trinajstić information content (AvgIpc) is 3.14. The summed E-state index contributed by atoms with van der Waals surface area (Å²) in [4.78, 5) is 12.3. The Morgan fingerprint density at radius 1 is 1.19 bits per heavy atom. The second-order valence-corrected chi connectivity index (χ2v) is 5.83. The first-order valence-corrected chi connectivity index (χ1v) is 8.31. The zero-order valence-corrected chi connectivity index (χ0v) is 14.0. The minimum atomic E-state index is -2.90. The van der Waals surface area contributed by atoms with E-state index in [1.807, 2.05) is 0 Å². The van der Waals surface area contributed by atoms with Crippen LogP contribution in [0.15, 0.2) is 48.5 Å². The van der Waals surface area contributed by atoms with Crippen LogP contribution < -0.4 is 14.8 Å². The molecule has 3 rings (SSSR count). The fraction of sp³-hybridized carbons (Fsp3) is 0.316.